The van der Waals surface area contributed by atoms with Gasteiger partial charge in [0.25, 0.3) is 0 Å². The molecule has 0 amide bonds. The van der Waals surface area contributed by atoms with Crippen molar-refractivity contribution in [1.82, 2.24) is 0 Å². The van der Waals surface area contributed by atoms with E-state index in [9.17, 15) is 22.0 Å². The smallest absolute Gasteiger partial charge is 0.194 e. The summed E-state index contributed by atoms with van der Waals surface area (Å²) in [4.78, 5) is 0. The number of fused-ring (bicyclic) bond motifs is 1. The van der Waals surface area contributed by atoms with Crippen LogP contribution >= 0.6 is 0 Å². The highest BCUT2D eigenvalue weighted by Gasteiger charge is 2.14. The van der Waals surface area contributed by atoms with Crippen LogP contribution in [-0.4, -0.2) is 0 Å². The molecule has 0 unspecified atom stereocenters. The van der Waals surface area contributed by atoms with Crippen molar-refractivity contribution in [3.05, 3.63) is 117 Å². The van der Waals surface area contributed by atoms with Crippen molar-refractivity contribution in [2.45, 2.75) is 71.1 Å². The van der Waals surface area contributed by atoms with Crippen LogP contribution in [0.1, 0.15) is 66.8 Å². The lowest BCUT2D eigenvalue weighted by Crippen LogP contribution is -2.02. The first-order valence-corrected chi connectivity index (χ1v) is 13.6. The maximum atomic E-state index is 15.2. The zero-order chi connectivity index (χ0) is 27.9. The third-order valence-electron chi connectivity index (χ3n) is 7.26. The molecule has 0 nitrogen and oxygen atoms in total. The Morgan fingerprint density at radius 1 is 0.487 bits per heavy atom. The zero-order valence-electron chi connectivity index (χ0n) is 22.0. The second-order valence-corrected chi connectivity index (χ2v) is 10.2. The molecule has 0 bridgehead atoms. The molecule has 0 radical (unpaired) electrons. The predicted octanol–water partition coefficient (Wildman–Crippen LogP) is 9.76. The molecule has 0 spiro atoms. The van der Waals surface area contributed by atoms with Gasteiger partial charge in [0, 0.05) is 10.9 Å². The first-order chi connectivity index (χ1) is 18.8. The van der Waals surface area contributed by atoms with Crippen molar-refractivity contribution in [3.8, 4) is 0 Å². The topological polar surface area (TPSA) is 0 Å². The molecule has 4 rings (SSSR count). The lowest BCUT2D eigenvalue weighted by molar-refractivity contribution is 0.445. The number of hydrogen-bond donors (Lipinski definition) is 0. The lowest BCUT2D eigenvalue weighted by Gasteiger charge is -2.11. The molecule has 206 valence electrons. The fraction of sp³-hybridized carbons (Fsp3) is 0.333. The summed E-state index contributed by atoms with van der Waals surface area (Å²) in [5.74, 6) is -5.58. The maximum absolute atomic E-state index is 15.2. The Labute approximate surface area is 225 Å². The summed E-state index contributed by atoms with van der Waals surface area (Å²) in [6.45, 7) is 2.14. The summed E-state index contributed by atoms with van der Waals surface area (Å²) in [5.41, 5.74) is 2.17. The minimum atomic E-state index is -1.53. The Morgan fingerprint density at radius 2 is 1.10 bits per heavy atom. The van der Waals surface area contributed by atoms with Gasteiger partial charge in [-0.15, -0.1) is 0 Å². The lowest BCUT2D eigenvalue weighted by atomic mass is 9.96. The highest BCUT2D eigenvalue weighted by molar-refractivity contribution is 5.84. The molecule has 0 aromatic heterocycles. The molecule has 0 saturated carbocycles. The number of benzene rings is 4. The quantitative estimate of drug-likeness (QED) is 0.0950. The minimum Gasteiger partial charge on any atom is -0.207 e. The number of rotatable bonds is 12. The molecule has 0 aliphatic carbocycles. The number of unbranched alkanes of at least 4 members (excludes halogenated alkanes) is 4. The summed E-state index contributed by atoms with van der Waals surface area (Å²) in [5, 5.41) is 1.03. The van der Waals surface area contributed by atoms with Gasteiger partial charge in [-0.05, 0) is 90.4 Å². The minimum absolute atomic E-state index is 0.0556. The molecule has 0 aliphatic rings. The Balaban J connectivity index is 1.40. The summed E-state index contributed by atoms with van der Waals surface area (Å²) < 4.78 is 84.7. The van der Waals surface area contributed by atoms with Crippen molar-refractivity contribution in [1.29, 1.82) is 0 Å². The van der Waals surface area contributed by atoms with E-state index in [0.29, 0.717) is 34.7 Å². The van der Waals surface area contributed by atoms with Gasteiger partial charge in [0.1, 0.15) is 17.5 Å². The van der Waals surface area contributed by atoms with Gasteiger partial charge in [-0.25, -0.2) is 26.3 Å². The van der Waals surface area contributed by atoms with Crippen LogP contribution in [0.3, 0.4) is 0 Å². The Hall–Kier alpha value is -3.28. The van der Waals surface area contributed by atoms with Crippen LogP contribution in [-0.2, 0) is 32.1 Å². The van der Waals surface area contributed by atoms with Crippen LogP contribution in [0.2, 0.25) is 0 Å². The van der Waals surface area contributed by atoms with Crippen LogP contribution in [0, 0.1) is 34.9 Å². The van der Waals surface area contributed by atoms with E-state index < -0.39 is 34.9 Å². The molecule has 0 N–H and O–H groups in total. The largest absolute Gasteiger partial charge is 0.207 e. The summed E-state index contributed by atoms with van der Waals surface area (Å²) in [7, 11) is 0. The first-order valence-electron chi connectivity index (χ1n) is 13.6. The third kappa shape index (κ3) is 7.23. The van der Waals surface area contributed by atoms with Gasteiger partial charge in [0.15, 0.2) is 17.5 Å². The first kappa shape index (κ1) is 28.7. The van der Waals surface area contributed by atoms with E-state index in [0.717, 1.165) is 43.4 Å². The molecule has 0 fully saturated rings. The van der Waals surface area contributed by atoms with Crippen LogP contribution in [0.4, 0.5) is 26.3 Å². The molecule has 0 saturated heterocycles. The van der Waals surface area contributed by atoms with Crippen LogP contribution in [0.15, 0.2) is 54.6 Å². The third-order valence-corrected chi connectivity index (χ3v) is 7.26. The molecule has 0 heterocycles. The van der Waals surface area contributed by atoms with E-state index in [2.05, 4.69) is 6.92 Å². The van der Waals surface area contributed by atoms with E-state index in [4.69, 9.17) is 0 Å². The van der Waals surface area contributed by atoms with E-state index in [1.807, 2.05) is 0 Å². The normalized spacial score (nSPS) is 11.5. The maximum Gasteiger partial charge on any atom is 0.194 e. The molecule has 39 heavy (non-hydrogen) atoms. The monoisotopic (exact) mass is 542 g/mol. The number of aryl methyl sites for hydroxylation is 4. The molecule has 6 heteroatoms. The van der Waals surface area contributed by atoms with Crippen molar-refractivity contribution in [3.63, 3.8) is 0 Å². The van der Waals surface area contributed by atoms with E-state index in [-0.39, 0.29) is 30.4 Å². The van der Waals surface area contributed by atoms with E-state index in [1.165, 1.54) is 18.6 Å². The average Bonchev–Trinajstić information content (AvgIpc) is 2.90. The zero-order valence-corrected chi connectivity index (χ0v) is 22.0. The standard InChI is InChI=1S/C33H32F6/c1-2-3-4-5-6-7-22-17-28(34)27(29(35)18-22)15-10-21-9-14-26-25(16-21)13-12-24(32(26)38)11-8-23-19-30(36)33(39)31(37)20-23/h9,12-14,16-20H,2-8,10-11,15H2,1H3. The number of hydrogen-bond acceptors (Lipinski definition) is 0. The fourth-order valence-electron chi connectivity index (χ4n) is 5.01. The van der Waals surface area contributed by atoms with Gasteiger partial charge in [-0.1, -0.05) is 62.9 Å². The Bertz CT molecular complexity index is 1400. The Kier molecular flexibility index (Phi) is 9.71. The van der Waals surface area contributed by atoms with Gasteiger partial charge < -0.3 is 0 Å². The molecule has 0 aliphatic heterocycles. The van der Waals surface area contributed by atoms with Crippen molar-refractivity contribution in [2.24, 2.45) is 0 Å². The van der Waals surface area contributed by atoms with E-state index >= 15 is 4.39 Å². The van der Waals surface area contributed by atoms with Crippen LogP contribution in [0.25, 0.3) is 10.8 Å². The predicted molar refractivity (Wildman–Crippen MR) is 144 cm³/mol. The highest BCUT2D eigenvalue weighted by atomic mass is 19.2. The van der Waals surface area contributed by atoms with Gasteiger partial charge in [0.2, 0.25) is 0 Å². The highest BCUT2D eigenvalue weighted by Crippen LogP contribution is 2.26. The van der Waals surface area contributed by atoms with Gasteiger partial charge >= 0.3 is 0 Å². The van der Waals surface area contributed by atoms with Gasteiger partial charge in [-0.2, -0.15) is 0 Å². The summed E-state index contributed by atoms with van der Waals surface area (Å²) >= 11 is 0. The molecular weight excluding hydrogens is 510 g/mol. The number of halogens is 6. The van der Waals surface area contributed by atoms with Crippen molar-refractivity contribution >= 4 is 10.8 Å². The van der Waals surface area contributed by atoms with Gasteiger partial charge in [-0.3, -0.25) is 0 Å². The second kappa shape index (κ2) is 13.2. The van der Waals surface area contributed by atoms with Crippen molar-refractivity contribution in [2.75, 3.05) is 0 Å². The second-order valence-electron chi connectivity index (χ2n) is 10.2. The molecule has 0 atom stereocenters. The SMILES string of the molecule is CCCCCCCc1cc(F)c(CCc2ccc3c(F)c(CCc4cc(F)c(F)c(F)c4)ccc3c2)c(F)c1. The summed E-state index contributed by atoms with van der Waals surface area (Å²) in [6, 6.07) is 13.2. The molecule has 4 aromatic carbocycles. The van der Waals surface area contributed by atoms with Gasteiger partial charge in [0.05, 0.1) is 0 Å². The van der Waals surface area contributed by atoms with E-state index in [1.54, 1.807) is 30.3 Å². The molecule has 4 aromatic rings. The molecular formula is C33H32F6. The average molecular weight is 543 g/mol. The van der Waals surface area contributed by atoms with Crippen LogP contribution < -0.4 is 0 Å². The van der Waals surface area contributed by atoms with Crippen molar-refractivity contribution < 1.29 is 26.3 Å². The fourth-order valence-corrected chi connectivity index (χ4v) is 5.01. The van der Waals surface area contributed by atoms with Crippen LogP contribution in [0.5, 0.6) is 0 Å². The Morgan fingerprint density at radius 3 is 1.79 bits per heavy atom. The summed E-state index contributed by atoms with van der Waals surface area (Å²) in [6.07, 6.45) is 6.99.